The number of nitriles is 1. The van der Waals surface area contributed by atoms with Crippen molar-refractivity contribution in [2.24, 2.45) is 0 Å². The molecule has 0 aromatic heterocycles. The number of benzene rings is 1. The van der Waals surface area contributed by atoms with Crippen molar-refractivity contribution in [2.45, 2.75) is 19.8 Å². The van der Waals surface area contributed by atoms with Gasteiger partial charge < -0.3 is 15.4 Å². The number of anilines is 1. The first-order chi connectivity index (χ1) is 10.2. The SMILES string of the molecule is CCOC(=O)CCNCCC(=O)Nc1ccccc1C#N. The Labute approximate surface area is 124 Å². The maximum atomic E-state index is 11.7. The first-order valence-corrected chi connectivity index (χ1v) is 6.82. The minimum absolute atomic E-state index is 0.179. The van der Waals surface area contributed by atoms with Gasteiger partial charge in [0.1, 0.15) is 6.07 Å². The molecule has 0 aliphatic heterocycles. The normalized spacial score (nSPS) is 9.71. The molecule has 1 amide bonds. The standard InChI is InChI=1S/C15H19N3O3/c1-2-21-15(20)8-10-17-9-7-14(19)18-13-6-4-3-5-12(13)11-16/h3-6,17H,2,7-10H2,1H3,(H,18,19). The first kappa shape index (κ1) is 16.7. The van der Waals surface area contributed by atoms with Gasteiger partial charge in [-0.2, -0.15) is 5.26 Å². The quantitative estimate of drug-likeness (QED) is 0.558. The van der Waals surface area contributed by atoms with Crippen LogP contribution in [0.4, 0.5) is 5.69 Å². The molecule has 21 heavy (non-hydrogen) atoms. The van der Waals surface area contributed by atoms with Gasteiger partial charge in [0.05, 0.1) is 24.3 Å². The van der Waals surface area contributed by atoms with Crippen LogP contribution in [0.1, 0.15) is 25.3 Å². The van der Waals surface area contributed by atoms with E-state index in [1.807, 2.05) is 6.07 Å². The second kappa shape index (κ2) is 9.50. The van der Waals surface area contributed by atoms with Crippen LogP contribution in [-0.2, 0) is 14.3 Å². The van der Waals surface area contributed by atoms with Gasteiger partial charge in [0.2, 0.25) is 5.91 Å². The summed E-state index contributed by atoms with van der Waals surface area (Å²) in [4.78, 5) is 22.8. The van der Waals surface area contributed by atoms with Gasteiger partial charge in [-0.25, -0.2) is 0 Å². The zero-order chi connectivity index (χ0) is 15.5. The Morgan fingerprint density at radius 2 is 1.95 bits per heavy atom. The van der Waals surface area contributed by atoms with Crippen LogP contribution in [0.5, 0.6) is 0 Å². The van der Waals surface area contributed by atoms with Crippen LogP contribution in [0.3, 0.4) is 0 Å². The van der Waals surface area contributed by atoms with E-state index in [4.69, 9.17) is 10.00 Å². The molecule has 0 saturated heterocycles. The van der Waals surface area contributed by atoms with Crippen molar-refractivity contribution in [3.8, 4) is 6.07 Å². The van der Waals surface area contributed by atoms with Crippen molar-refractivity contribution < 1.29 is 14.3 Å². The molecule has 1 aromatic rings. The van der Waals surface area contributed by atoms with Crippen molar-refractivity contribution in [2.75, 3.05) is 25.0 Å². The van der Waals surface area contributed by atoms with Gasteiger partial charge in [-0.3, -0.25) is 9.59 Å². The summed E-state index contributed by atoms with van der Waals surface area (Å²) in [6.07, 6.45) is 0.551. The fourth-order valence-electron chi connectivity index (χ4n) is 1.65. The van der Waals surface area contributed by atoms with Gasteiger partial charge in [-0.1, -0.05) is 12.1 Å². The lowest BCUT2D eigenvalue weighted by molar-refractivity contribution is -0.142. The number of hydrogen-bond donors (Lipinski definition) is 2. The van der Waals surface area contributed by atoms with Gasteiger partial charge in [0.15, 0.2) is 0 Å². The van der Waals surface area contributed by atoms with Crippen LogP contribution < -0.4 is 10.6 Å². The Balaban J connectivity index is 2.23. The predicted octanol–water partition coefficient (Wildman–Crippen LogP) is 1.43. The van der Waals surface area contributed by atoms with Crippen molar-refractivity contribution in [3.63, 3.8) is 0 Å². The maximum Gasteiger partial charge on any atom is 0.307 e. The molecule has 0 aliphatic rings. The molecule has 1 rings (SSSR count). The Morgan fingerprint density at radius 3 is 2.67 bits per heavy atom. The smallest absolute Gasteiger partial charge is 0.307 e. The molecular formula is C15H19N3O3. The largest absolute Gasteiger partial charge is 0.466 e. The van der Waals surface area contributed by atoms with Crippen LogP contribution in [0.15, 0.2) is 24.3 Å². The average Bonchev–Trinajstić information content (AvgIpc) is 2.47. The molecule has 0 fully saturated rings. The maximum absolute atomic E-state index is 11.7. The molecule has 6 heteroatoms. The van der Waals surface area contributed by atoms with Crippen LogP contribution >= 0.6 is 0 Å². The highest BCUT2D eigenvalue weighted by Crippen LogP contribution is 2.13. The molecule has 0 unspecified atom stereocenters. The number of amides is 1. The minimum Gasteiger partial charge on any atom is -0.466 e. The van der Waals surface area contributed by atoms with Gasteiger partial charge in [-0.05, 0) is 19.1 Å². The lowest BCUT2D eigenvalue weighted by atomic mass is 10.2. The molecule has 112 valence electrons. The summed E-state index contributed by atoms with van der Waals surface area (Å²) in [5.74, 6) is -0.432. The highest BCUT2D eigenvalue weighted by atomic mass is 16.5. The molecule has 1 aromatic carbocycles. The molecule has 6 nitrogen and oxygen atoms in total. The summed E-state index contributed by atoms with van der Waals surface area (Å²) in [7, 11) is 0. The number of esters is 1. The molecular weight excluding hydrogens is 270 g/mol. The molecule has 0 bridgehead atoms. The lowest BCUT2D eigenvalue weighted by Crippen LogP contribution is -2.24. The van der Waals surface area contributed by atoms with E-state index in [0.717, 1.165) is 0 Å². The average molecular weight is 289 g/mol. The lowest BCUT2D eigenvalue weighted by Gasteiger charge is -2.07. The summed E-state index contributed by atoms with van der Waals surface area (Å²) in [6.45, 7) is 3.06. The van der Waals surface area contributed by atoms with E-state index in [0.29, 0.717) is 30.9 Å². The fraction of sp³-hybridized carbons (Fsp3) is 0.400. The Kier molecular flexibility index (Phi) is 7.54. The van der Waals surface area contributed by atoms with E-state index >= 15 is 0 Å². The molecule has 0 radical (unpaired) electrons. The molecule has 0 aliphatic carbocycles. The summed E-state index contributed by atoms with van der Waals surface area (Å²) >= 11 is 0. The second-order valence-electron chi connectivity index (χ2n) is 4.26. The zero-order valence-electron chi connectivity index (χ0n) is 12.0. The Morgan fingerprint density at radius 1 is 1.24 bits per heavy atom. The fourth-order valence-corrected chi connectivity index (χ4v) is 1.65. The van der Waals surface area contributed by atoms with E-state index in [9.17, 15) is 9.59 Å². The van der Waals surface area contributed by atoms with Gasteiger partial charge in [0, 0.05) is 19.5 Å². The van der Waals surface area contributed by atoms with Gasteiger partial charge in [-0.15, -0.1) is 0 Å². The van der Waals surface area contributed by atoms with Crippen LogP contribution in [0.2, 0.25) is 0 Å². The number of hydrogen-bond acceptors (Lipinski definition) is 5. The molecule has 0 atom stereocenters. The van der Waals surface area contributed by atoms with Crippen LogP contribution in [0, 0.1) is 11.3 Å². The van der Waals surface area contributed by atoms with E-state index < -0.39 is 0 Å². The highest BCUT2D eigenvalue weighted by Gasteiger charge is 2.06. The first-order valence-electron chi connectivity index (χ1n) is 6.82. The predicted molar refractivity (Wildman–Crippen MR) is 78.5 cm³/mol. The van der Waals surface area contributed by atoms with E-state index in [-0.39, 0.29) is 24.7 Å². The summed E-state index contributed by atoms with van der Waals surface area (Å²) in [5.41, 5.74) is 0.942. The topological polar surface area (TPSA) is 91.2 Å². The number of rotatable bonds is 8. The van der Waals surface area contributed by atoms with Gasteiger partial charge in [0.25, 0.3) is 0 Å². The van der Waals surface area contributed by atoms with Crippen LogP contribution in [-0.4, -0.2) is 31.6 Å². The third-order valence-corrected chi connectivity index (χ3v) is 2.66. The zero-order valence-corrected chi connectivity index (χ0v) is 12.0. The van der Waals surface area contributed by atoms with E-state index in [1.54, 1.807) is 31.2 Å². The third-order valence-electron chi connectivity index (χ3n) is 2.66. The van der Waals surface area contributed by atoms with E-state index in [1.165, 1.54) is 0 Å². The summed E-state index contributed by atoms with van der Waals surface area (Å²) < 4.78 is 4.79. The number of para-hydroxylation sites is 1. The Bertz CT molecular complexity index is 523. The van der Waals surface area contributed by atoms with E-state index in [2.05, 4.69) is 10.6 Å². The number of nitrogens with zero attached hydrogens (tertiary/aromatic N) is 1. The number of carbonyl (C=O) groups is 2. The molecule has 0 spiro atoms. The van der Waals surface area contributed by atoms with Gasteiger partial charge >= 0.3 is 5.97 Å². The highest BCUT2D eigenvalue weighted by molar-refractivity contribution is 5.92. The monoisotopic (exact) mass is 289 g/mol. The van der Waals surface area contributed by atoms with Crippen molar-refractivity contribution in [3.05, 3.63) is 29.8 Å². The second-order valence-corrected chi connectivity index (χ2v) is 4.26. The molecule has 0 heterocycles. The summed E-state index contributed by atoms with van der Waals surface area (Å²) in [5, 5.41) is 14.6. The minimum atomic E-state index is -0.252. The third kappa shape index (κ3) is 6.54. The molecule has 0 saturated carbocycles. The van der Waals surface area contributed by atoms with Crippen molar-refractivity contribution in [1.82, 2.24) is 5.32 Å². The van der Waals surface area contributed by atoms with Crippen molar-refractivity contribution in [1.29, 1.82) is 5.26 Å². The number of carbonyl (C=O) groups excluding carboxylic acids is 2. The van der Waals surface area contributed by atoms with Crippen molar-refractivity contribution >= 4 is 17.6 Å². The summed E-state index contributed by atoms with van der Waals surface area (Å²) in [6, 6.07) is 8.85. The number of ether oxygens (including phenoxy) is 1. The molecule has 2 N–H and O–H groups in total. The number of nitrogens with one attached hydrogen (secondary N) is 2. The Hall–Kier alpha value is -2.39. The van der Waals surface area contributed by atoms with Crippen LogP contribution in [0.25, 0.3) is 0 Å².